The molecule has 6 nitrogen and oxygen atoms in total. The van der Waals surface area contributed by atoms with Crippen LogP contribution in [-0.2, 0) is 0 Å². The Bertz CT molecular complexity index is 1010. The lowest BCUT2D eigenvalue weighted by atomic mass is 10.1. The molecule has 0 bridgehead atoms. The lowest BCUT2D eigenvalue weighted by molar-refractivity contribution is 0.0939. The number of likely N-dealkylation sites (N-methyl/N-ethyl adjacent to an activating group) is 1. The summed E-state index contributed by atoms with van der Waals surface area (Å²) in [4.78, 5) is 23.2. The molecule has 0 aliphatic rings. The number of unbranched alkanes of at least 4 members (excludes halogenated alkanes) is 3. The van der Waals surface area contributed by atoms with Gasteiger partial charge in [0.25, 0.3) is 5.91 Å². The zero-order valence-corrected chi connectivity index (χ0v) is 19.3. The number of carbonyl (C=O) groups is 1. The monoisotopic (exact) mass is 450 g/mol. The molecule has 0 saturated carbocycles. The van der Waals surface area contributed by atoms with E-state index < -0.39 is 0 Å². The molecule has 0 aliphatic heterocycles. The number of benzene rings is 2. The lowest BCUT2D eigenvalue weighted by Gasteiger charge is -2.16. The molecular formula is C26H31FN4O2. The Morgan fingerprint density at radius 1 is 0.970 bits per heavy atom. The molecule has 1 amide bonds. The topological polar surface area (TPSA) is 67.4 Å². The highest BCUT2D eigenvalue weighted by atomic mass is 19.1. The highest BCUT2D eigenvalue weighted by Crippen LogP contribution is 2.25. The summed E-state index contributed by atoms with van der Waals surface area (Å²) in [5, 5.41) is 2.90. The zero-order chi connectivity index (χ0) is 23.5. The molecule has 0 aliphatic carbocycles. The summed E-state index contributed by atoms with van der Waals surface area (Å²) in [5.74, 6) is 0.723. The maximum Gasteiger partial charge on any atom is 0.289 e. The predicted molar refractivity (Wildman–Crippen MR) is 128 cm³/mol. The summed E-state index contributed by atoms with van der Waals surface area (Å²) in [6, 6.07) is 14.9. The van der Waals surface area contributed by atoms with E-state index in [1.165, 1.54) is 37.8 Å². The number of aromatic nitrogens is 2. The third-order valence-electron chi connectivity index (χ3n) is 5.23. The molecular weight excluding hydrogens is 419 g/mol. The molecule has 174 valence electrons. The normalized spacial score (nSPS) is 10.9. The number of hydrogen-bond acceptors (Lipinski definition) is 5. The molecule has 0 saturated heterocycles. The van der Waals surface area contributed by atoms with Crippen LogP contribution < -0.4 is 10.1 Å². The summed E-state index contributed by atoms with van der Waals surface area (Å²) >= 11 is 0. The molecule has 7 heteroatoms. The third kappa shape index (κ3) is 7.95. The van der Waals surface area contributed by atoms with Gasteiger partial charge in [-0.15, -0.1) is 0 Å². The summed E-state index contributed by atoms with van der Waals surface area (Å²) in [6.45, 7) is 4.57. The van der Waals surface area contributed by atoms with E-state index in [2.05, 4.69) is 34.2 Å². The molecule has 1 aromatic heterocycles. The smallest absolute Gasteiger partial charge is 0.289 e. The third-order valence-corrected chi connectivity index (χ3v) is 5.23. The molecule has 0 radical (unpaired) electrons. The van der Waals surface area contributed by atoms with E-state index >= 15 is 0 Å². The van der Waals surface area contributed by atoms with Gasteiger partial charge in [-0.1, -0.05) is 26.2 Å². The van der Waals surface area contributed by atoms with Gasteiger partial charge < -0.3 is 15.0 Å². The van der Waals surface area contributed by atoms with Gasteiger partial charge in [0.1, 0.15) is 17.3 Å². The van der Waals surface area contributed by atoms with Crippen molar-refractivity contribution in [3.63, 3.8) is 0 Å². The largest absolute Gasteiger partial charge is 0.457 e. The number of ether oxygens (including phenoxy) is 1. The van der Waals surface area contributed by atoms with Crippen molar-refractivity contribution in [1.82, 2.24) is 20.2 Å². The Balaban J connectivity index is 1.52. The number of halogens is 1. The van der Waals surface area contributed by atoms with Crippen molar-refractivity contribution in [3.05, 3.63) is 72.4 Å². The standard InChI is InChI=1S/C26H31FN4O2/c1-3-4-5-6-18-31(2)19-17-29-26(32)25-28-16-15-24(30-25)20-7-11-22(12-8-20)33-23-13-9-21(27)10-14-23/h7-16H,3-6,17-19H2,1-2H3,(H,29,32). The highest BCUT2D eigenvalue weighted by molar-refractivity contribution is 5.90. The van der Waals surface area contributed by atoms with Crippen LogP contribution in [0.4, 0.5) is 4.39 Å². The molecule has 1 N–H and O–H groups in total. The number of rotatable bonds is 12. The van der Waals surface area contributed by atoms with E-state index in [4.69, 9.17) is 4.74 Å². The number of nitrogens with zero attached hydrogens (tertiary/aromatic N) is 3. The van der Waals surface area contributed by atoms with E-state index in [1.54, 1.807) is 36.5 Å². The van der Waals surface area contributed by atoms with Crippen molar-refractivity contribution in [3.8, 4) is 22.8 Å². The molecule has 0 spiro atoms. The maximum absolute atomic E-state index is 13.0. The second-order valence-corrected chi connectivity index (χ2v) is 7.97. The Hall–Kier alpha value is -3.32. The van der Waals surface area contributed by atoms with Crippen molar-refractivity contribution in [2.24, 2.45) is 0 Å². The number of carbonyl (C=O) groups excluding carboxylic acids is 1. The van der Waals surface area contributed by atoms with Crippen LogP contribution in [0.5, 0.6) is 11.5 Å². The van der Waals surface area contributed by atoms with Gasteiger partial charge in [-0.05, 0) is 74.6 Å². The minimum absolute atomic E-state index is 0.143. The van der Waals surface area contributed by atoms with E-state index in [-0.39, 0.29) is 17.5 Å². The summed E-state index contributed by atoms with van der Waals surface area (Å²) in [5.41, 5.74) is 1.49. The molecule has 0 unspecified atom stereocenters. The first-order valence-electron chi connectivity index (χ1n) is 11.4. The molecule has 2 aromatic carbocycles. The SMILES string of the molecule is CCCCCCN(C)CCNC(=O)c1nccc(-c2ccc(Oc3ccc(F)cc3)cc2)n1. The van der Waals surface area contributed by atoms with Crippen LogP contribution in [0, 0.1) is 5.82 Å². The lowest BCUT2D eigenvalue weighted by Crippen LogP contribution is -2.34. The Kier molecular flexibility index (Phi) is 9.32. The van der Waals surface area contributed by atoms with Crippen LogP contribution in [0.15, 0.2) is 60.8 Å². The fourth-order valence-corrected chi connectivity index (χ4v) is 3.32. The van der Waals surface area contributed by atoms with Gasteiger partial charge in [0.05, 0.1) is 5.69 Å². The summed E-state index contributed by atoms with van der Waals surface area (Å²) in [7, 11) is 2.07. The molecule has 1 heterocycles. The Labute approximate surface area is 194 Å². The maximum atomic E-state index is 13.0. The molecule has 3 aromatic rings. The number of nitrogens with one attached hydrogen (secondary N) is 1. The van der Waals surface area contributed by atoms with Crippen LogP contribution in [0.3, 0.4) is 0 Å². The quantitative estimate of drug-likeness (QED) is 0.379. The first kappa shape index (κ1) is 24.3. The van der Waals surface area contributed by atoms with Crippen LogP contribution in [-0.4, -0.2) is 47.5 Å². The van der Waals surface area contributed by atoms with E-state index in [9.17, 15) is 9.18 Å². The van der Waals surface area contributed by atoms with Crippen LogP contribution in [0.25, 0.3) is 11.3 Å². The van der Waals surface area contributed by atoms with Crippen molar-refractivity contribution in [1.29, 1.82) is 0 Å². The molecule has 0 atom stereocenters. The highest BCUT2D eigenvalue weighted by Gasteiger charge is 2.11. The second kappa shape index (κ2) is 12.6. The van der Waals surface area contributed by atoms with E-state index in [0.717, 1.165) is 18.7 Å². The average molecular weight is 451 g/mol. The van der Waals surface area contributed by atoms with Gasteiger partial charge in [-0.25, -0.2) is 14.4 Å². The molecule has 0 fully saturated rings. The van der Waals surface area contributed by atoms with E-state index in [1.807, 2.05) is 12.1 Å². The van der Waals surface area contributed by atoms with Crippen molar-refractivity contribution in [2.75, 3.05) is 26.7 Å². The Morgan fingerprint density at radius 2 is 1.67 bits per heavy atom. The summed E-state index contributed by atoms with van der Waals surface area (Å²) in [6.07, 6.45) is 6.50. The minimum Gasteiger partial charge on any atom is -0.457 e. The van der Waals surface area contributed by atoms with Crippen LogP contribution in [0.1, 0.15) is 43.2 Å². The molecule has 3 rings (SSSR count). The van der Waals surface area contributed by atoms with Gasteiger partial charge in [-0.3, -0.25) is 4.79 Å². The first-order valence-corrected chi connectivity index (χ1v) is 11.4. The van der Waals surface area contributed by atoms with Gasteiger partial charge in [0, 0.05) is 24.8 Å². The van der Waals surface area contributed by atoms with Gasteiger partial charge in [0.2, 0.25) is 5.82 Å². The second-order valence-electron chi connectivity index (χ2n) is 7.97. The van der Waals surface area contributed by atoms with Crippen LogP contribution in [0.2, 0.25) is 0 Å². The van der Waals surface area contributed by atoms with Crippen LogP contribution >= 0.6 is 0 Å². The Morgan fingerprint density at radius 3 is 2.36 bits per heavy atom. The fraction of sp³-hybridized carbons (Fsp3) is 0.346. The average Bonchev–Trinajstić information content (AvgIpc) is 2.84. The minimum atomic E-state index is -0.310. The predicted octanol–water partition coefficient (Wildman–Crippen LogP) is 5.32. The zero-order valence-electron chi connectivity index (χ0n) is 19.3. The van der Waals surface area contributed by atoms with E-state index in [0.29, 0.717) is 23.7 Å². The number of amides is 1. The van der Waals surface area contributed by atoms with Crippen molar-refractivity contribution < 1.29 is 13.9 Å². The van der Waals surface area contributed by atoms with Gasteiger partial charge >= 0.3 is 0 Å². The summed E-state index contributed by atoms with van der Waals surface area (Å²) < 4.78 is 18.7. The van der Waals surface area contributed by atoms with Gasteiger partial charge in [-0.2, -0.15) is 0 Å². The molecule has 33 heavy (non-hydrogen) atoms. The number of hydrogen-bond donors (Lipinski definition) is 1. The van der Waals surface area contributed by atoms with Gasteiger partial charge in [0.15, 0.2) is 0 Å². The van der Waals surface area contributed by atoms with Crippen molar-refractivity contribution in [2.45, 2.75) is 32.6 Å². The fourth-order valence-electron chi connectivity index (χ4n) is 3.32. The van der Waals surface area contributed by atoms with Crippen molar-refractivity contribution >= 4 is 5.91 Å². The first-order chi connectivity index (χ1) is 16.0.